The van der Waals surface area contributed by atoms with Crippen molar-refractivity contribution in [1.82, 2.24) is 9.97 Å². The van der Waals surface area contributed by atoms with Crippen molar-refractivity contribution in [3.63, 3.8) is 0 Å². The molecule has 172 valence electrons. The van der Waals surface area contributed by atoms with Gasteiger partial charge in [0.05, 0.1) is 32.1 Å². The molecule has 3 heterocycles. The largest absolute Gasteiger partial charge is 0.490 e. The lowest BCUT2D eigenvalue weighted by atomic mass is 10.1. The number of aryl methyl sites for hydroxylation is 1. The molecule has 33 heavy (non-hydrogen) atoms. The third-order valence-corrected chi connectivity index (χ3v) is 6.10. The Morgan fingerprint density at radius 2 is 1.76 bits per heavy atom. The standard InChI is InChI=1S/C26H30N4O3/c1-19-6-7-20(18-24(19)30-12-16-32-17-13-30)28-26-27-11-8-23(29-26)22-4-2-3-5-25(22)33-21-9-14-31-15-10-21/h2-8,11,18,21H,9-10,12-17H2,1H3,(H,27,28,29). The van der Waals surface area contributed by atoms with E-state index < -0.39 is 0 Å². The van der Waals surface area contributed by atoms with Gasteiger partial charge < -0.3 is 24.4 Å². The van der Waals surface area contributed by atoms with E-state index in [0.29, 0.717) is 5.95 Å². The van der Waals surface area contributed by atoms with Gasteiger partial charge in [0.25, 0.3) is 0 Å². The molecule has 0 spiro atoms. The number of hydrogen-bond acceptors (Lipinski definition) is 7. The molecular formula is C26H30N4O3. The second-order valence-corrected chi connectivity index (χ2v) is 8.42. The van der Waals surface area contributed by atoms with Gasteiger partial charge in [0, 0.05) is 49.1 Å². The Hall–Kier alpha value is -3.16. The summed E-state index contributed by atoms with van der Waals surface area (Å²) in [6, 6.07) is 16.3. The van der Waals surface area contributed by atoms with E-state index in [4.69, 9.17) is 19.2 Å². The number of para-hydroxylation sites is 1. The Balaban J connectivity index is 1.36. The van der Waals surface area contributed by atoms with Crippen LogP contribution in [0.3, 0.4) is 0 Å². The first-order chi connectivity index (χ1) is 16.3. The lowest BCUT2D eigenvalue weighted by molar-refractivity contribution is 0.0258. The van der Waals surface area contributed by atoms with Gasteiger partial charge in [-0.25, -0.2) is 9.97 Å². The normalized spacial score (nSPS) is 17.1. The molecule has 2 aliphatic heterocycles. The molecule has 1 aromatic heterocycles. The molecule has 0 atom stereocenters. The maximum Gasteiger partial charge on any atom is 0.227 e. The molecule has 0 saturated carbocycles. The number of nitrogens with zero attached hydrogens (tertiary/aromatic N) is 3. The van der Waals surface area contributed by atoms with E-state index in [-0.39, 0.29) is 6.10 Å². The van der Waals surface area contributed by atoms with E-state index in [2.05, 4.69) is 40.3 Å². The second kappa shape index (κ2) is 10.2. The van der Waals surface area contributed by atoms with Gasteiger partial charge in [-0.05, 0) is 42.8 Å². The first-order valence-electron chi connectivity index (χ1n) is 11.6. The van der Waals surface area contributed by atoms with E-state index in [1.54, 1.807) is 6.20 Å². The molecule has 1 N–H and O–H groups in total. The Kier molecular flexibility index (Phi) is 6.69. The fourth-order valence-electron chi connectivity index (χ4n) is 4.28. The van der Waals surface area contributed by atoms with E-state index in [9.17, 15) is 0 Å². The molecule has 0 unspecified atom stereocenters. The Morgan fingerprint density at radius 1 is 0.970 bits per heavy atom. The van der Waals surface area contributed by atoms with Crippen molar-refractivity contribution in [2.45, 2.75) is 25.9 Å². The smallest absolute Gasteiger partial charge is 0.227 e. The zero-order chi connectivity index (χ0) is 22.5. The Bertz CT molecular complexity index is 1080. The first kappa shape index (κ1) is 21.7. The predicted octanol–water partition coefficient (Wildman–Crippen LogP) is 4.59. The average Bonchev–Trinajstić information content (AvgIpc) is 2.87. The summed E-state index contributed by atoms with van der Waals surface area (Å²) >= 11 is 0. The van der Waals surface area contributed by atoms with Gasteiger partial charge in [-0.2, -0.15) is 0 Å². The summed E-state index contributed by atoms with van der Waals surface area (Å²) in [5.41, 5.74) is 5.22. The van der Waals surface area contributed by atoms with Crippen molar-refractivity contribution in [2.24, 2.45) is 0 Å². The van der Waals surface area contributed by atoms with Crippen molar-refractivity contribution in [3.05, 3.63) is 60.3 Å². The minimum atomic E-state index is 0.172. The Morgan fingerprint density at radius 3 is 2.61 bits per heavy atom. The van der Waals surface area contributed by atoms with E-state index >= 15 is 0 Å². The highest BCUT2D eigenvalue weighted by molar-refractivity contribution is 5.69. The van der Waals surface area contributed by atoms with Gasteiger partial charge in [0.1, 0.15) is 11.9 Å². The van der Waals surface area contributed by atoms with Crippen LogP contribution in [0.5, 0.6) is 5.75 Å². The van der Waals surface area contributed by atoms with Gasteiger partial charge in [0.15, 0.2) is 0 Å². The van der Waals surface area contributed by atoms with Crippen LogP contribution in [0.2, 0.25) is 0 Å². The second-order valence-electron chi connectivity index (χ2n) is 8.42. The fraction of sp³-hybridized carbons (Fsp3) is 0.385. The van der Waals surface area contributed by atoms with Crippen LogP contribution in [0, 0.1) is 6.92 Å². The predicted molar refractivity (Wildman–Crippen MR) is 129 cm³/mol. The molecular weight excluding hydrogens is 416 g/mol. The Labute approximate surface area is 194 Å². The first-order valence-corrected chi connectivity index (χ1v) is 11.6. The molecule has 7 nitrogen and oxygen atoms in total. The van der Waals surface area contributed by atoms with Crippen LogP contribution in [0.1, 0.15) is 18.4 Å². The molecule has 0 radical (unpaired) electrons. The summed E-state index contributed by atoms with van der Waals surface area (Å²) in [5, 5.41) is 3.38. The minimum Gasteiger partial charge on any atom is -0.490 e. The highest BCUT2D eigenvalue weighted by Gasteiger charge is 2.18. The summed E-state index contributed by atoms with van der Waals surface area (Å²) in [4.78, 5) is 11.6. The van der Waals surface area contributed by atoms with Crippen LogP contribution in [0.4, 0.5) is 17.3 Å². The lowest BCUT2D eigenvalue weighted by Crippen LogP contribution is -2.36. The number of rotatable bonds is 6. The average molecular weight is 447 g/mol. The number of anilines is 3. The SMILES string of the molecule is Cc1ccc(Nc2nccc(-c3ccccc3OC3CCOCC3)n2)cc1N1CCOCC1. The van der Waals surface area contributed by atoms with Crippen molar-refractivity contribution >= 4 is 17.3 Å². The summed E-state index contributed by atoms with van der Waals surface area (Å²) in [7, 11) is 0. The van der Waals surface area contributed by atoms with Gasteiger partial charge >= 0.3 is 0 Å². The third kappa shape index (κ3) is 5.26. The lowest BCUT2D eigenvalue weighted by Gasteiger charge is -2.30. The molecule has 0 bridgehead atoms. The van der Waals surface area contributed by atoms with Crippen LogP contribution >= 0.6 is 0 Å². The van der Waals surface area contributed by atoms with Gasteiger partial charge in [-0.3, -0.25) is 0 Å². The monoisotopic (exact) mass is 446 g/mol. The molecule has 5 rings (SSSR count). The molecule has 0 amide bonds. The molecule has 2 fully saturated rings. The molecule has 7 heteroatoms. The zero-order valence-corrected chi connectivity index (χ0v) is 19.0. The van der Waals surface area contributed by atoms with E-state index in [1.807, 2.05) is 30.3 Å². The quantitative estimate of drug-likeness (QED) is 0.594. The highest BCUT2D eigenvalue weighted by Crippen LogP contribution is 2.32. The number of ether oxygens (including phenoxy) is 3. The highest BCUT2D eigenvalue weighted by atomic mass is 16.5. The van der Waals surface area contributed by atoms with Gasteiger partial charge in [-0.1, -0.05) is 18.2 Å². The fourth-order valence-corrected chi connectivity index (χ4v) is 4.28. The van der Waals surface area contributed by atoms with Crippen molar-refractivity contribution < 1.29 is 14.2 Å². The summed E-state index contributed by atoms with van der Waals surface area (Å²) in [5.74, 6) is 1.41. The summed E-state index contributed by atoms with van der Waals surface area (Å²) in [6.07, 6.45) is 3.77. The van der Waals surface area contributed by atoms with Gasteiger partial charge in [0.2, 0.25) is 5.95 Å². The zero-order valence-electron chi connectivity index (χ0n) is 19.0. The molecule has 2 saturated heterocycles. The maximum atomic E-state index is 6.32. The third-order valence-electron chi connectivity index (χ3n) is 6.10. The number of morpholine rings is 1. The number of benzene rings is 2. The van der Waals surface area contributed by atoms with Crippen LogP contribution in [0.15, 0.2) is 54.7 Å². The molecule has 3 aromatic rings. The molecule has 2 aromatic carbocycles. The van der Waals surface area contributed by atoms with Crippen molar-refractivity contribution in [2.75, 3.05) is 49.7 Å². The van der Waals surface area contributed by atoms with Crippen LogP contribution in [0.25, 0.3) is 11.3 Å². The molecule has 0 aliphatic carbocycles. The molecule has 2 aliphatic rings. The van der Waals surface area contributed by atoms with E-state index in [1.165, 1.54) is 11.3 Å². The topological polar surface area (TPSA) is 68.7 Å². The van der Waals surface area contributed by atoms with E-state index in [0.717, 1.165) is 75.1 Å². The van der Waals surface area contributed by atoms with Gasteiger partial charge in [-0.15, -0.1) is 0 Å². The maximum absolute atomic E-state index is 6.32. The van der Waals surface area contributed by atoms with Crippen LogP contribution in [-0.4, -0.2) is 55.6 Å². The minimum absolute atomic E-state index is 0.172. The summed E-state index contributed by atoms with van der Waals surface area (Å²) < 4.78 is 17.3. The van der Waals surface area contributed by atoms with Crippen molar-refractivity contribution in [1.29, 1.82) is 0 Å². The van der Waals surface area contributed by atoms with Crippen LogP contribution in [-0.2, 0) is 9.47 Å². The number of nitrogens with one attached hydrogen (secondary N) is 1. The van der Waals surface area contributed by atoms with Crippen LogP contribution < -0.4 is 15.0 Å². The number of aromatic nitrogens is 2. The van der Waals surface area contributed by atoms with Crippen molar-refractivity contribution in [3.8, 4) is 17.0 Å². The summed E-state index contributed by atoms with van der Waals surface area (Å²) in [6.45, 7) is 6.96. The number of hydrogen-bond donors (Lipinski definition) is 1.